The molecule has 2 fully saturated rings. The monoisotopic (exact) mass is 371 g/mol. The molecule has 2 aliphatic rings. The number of carbonyl (C=O) groups is 2. The second-order valence-electron chi connectivity index (χ2n) is 7.91. The molecule has 1 saturated heterocycles. The molecule has 1 aromatic rings. The SMILES string of the molecule is CCCCC(CC)C(=O)Nc1ccc(N2CCCC2)c(C(=O)NC2CC2)c1. The van der Waals surface area contributed by atoms with Crippen LogP contribution < -0.4 is 15.5 Å². The molecule has 3 rings (SSSR count). The summed E-state index contributed by atoms with van der Waals surface area (Å²) in [4.78, 5) is 27.7. The molecule has 2 amide bonds. The number of nitrogens with zero attached hydrogens (tertiary/aromatic N) is 1. The molecule has 1 aromatic carbocycles. The van der Waals surface area contributed by atoms with Crippen LogP contribution in [0.4, 0.5) is 11.4 Å². The van der Waals surface area contributed by atoms with Gasteiger partial charge in [0, 0.05) is 36.4 Å². The lowest BCUT2D eigenvalue weighted by molar-refractivity contribution is -0.120. The normalized spacial score (nSPS) is 17.6. The van der Waals surface area contributed by atoms with Gasteiger partial charge in [0.1, 0.15) is 0 Å². The van der Waals surface area contributed by atoms with Crippen LogP contribution in [0.3, 0.4) is 0 Å². The van der Waals surface area contributed by atoms with Crippen molar-refractivity contribution in [2.75, 3.05) is 23.3 Å². The number of benzene rings is 1. The van der Waals surface area contributed by atoms with Gasteiger partial charge < -0.3 is 15.5 Å². The van der Waals surface area contributed by atoms with E-state index in [0.717, 1.165) is 75.8 Å². The zero-order valence-electron chi connectivity index (χ0n) is 16.7. The molecule has 1 saturated carbocycles. The van der Waals surface area contributed by atoms with Crippen LogP contribution in [0.5, 0.6) is 0 Å². The number of hydrogen-bond acceptors (Lipinski definition) is 3. The lowest BCUT2D eigenvalue weighted by atomic mass is 9.98. The van der Waals surface area contributed by atoms with Crippen molar-refractivity contribution in [2.45, 2.75) is 71.3 Å². The predicted octanol–water partition coefficient (Wildman–Crippen LogP) is 4.33. The standard InChI is InChI=1S/C22H33N3O2/c1-3-5-8-16(4-2)21(26)24-18-11-12-20(25-13-6-7-14-25)19(15-18)22(27)23-17-9-10-17/h11-12,15-17H,3-10,13-14H2,1-2H3,(H,23,27)(H,24,26). The Morgan fingerprint density at radius 1 is 1.19 bits per heavy atom. The lowest BCUT2D eigenvalue weighted by Crippen LogP contribution is -2.29. The molecule has 148 valence electrons. The van der Waals surface area contributed by atoms with Crippen molar-refractivity contribution in [3.8, 4) is 0 Å². The van der Waals surface area contributed by atoms with E-state index >= 15 is 0 Å². The number of hydrogen-bond donors (Lipinski definition) is 2. The molecule has 2 N–H and O–H groups in total. The molecule has 0 spiro atoms. The molecular weight excluding hydrogens is 338 g/mol. The predicted molar refractivity (Wildman–Crippen MR) is 110 cm³/mol. The molecule has 0 aromatic heterocycles. The average Bonchev–Trinajstić information content (AvgIpc) is 3.31. The van der Waals surface area contributed by atoms with E-state index in [-0.39, 0.29) is 17.7 Å². The summed E-state index contributed by atoms with van der Waals surface area (Å²) >= 11 is 0. The average molecular weight is 372 g/mol. The Morgan fingerprint density at radius 2 is 1.93 bits per heavy atom. The Labute approximate surface area is 162 Å². The fraction of sp³-hybridized carbons (Fsp3) is 0.636. The van der Waals surface area contributed by atoms with Gasteiger partial charge in [0.2, 0.25) is 5.91 Å². The van der Waals surface area contributed by atoms with Crippen molar-refractivity contribution in [3.05, 3.63) is 23.8 Å². The van der Waals surface area contributed by atoms with Gasteiger partial charge in [-0.2, -0.15) is 0 Å². The van der Waals surface area contributed by atoms with Gasteiger partial charge in [-0.1, -0.05) is 26.7 Å². The molecule has 0 bridgehead atoms. The number of rotatable bonds is 9. The Kier molecular flexibility index (Phi) is 6.75. The topological polar surface area (TPSA) is 61.4 Å². The summed E-state index contributed by atoms with van der Waals surface area (Å²) in [5, 5.41) is 6.14. The van der Waals surface area contributed by atoms with E-state index in [4.69, 9.17) is 0 Å². The first kappa shape index (κ1) is 19.7. The molecular formula is C22H33N3O2. The van der Waals surface area contributed by atoms with Crippen molar-refractivity contribution in [3.63, 3.8) is 0 Å². The minimum atomic E-state index is -0.0199. The fourth-order valence-corrected chi connectivity index (χ4v) is 3.74. The van der Waals surface area contributed by atoms with Gasteiger partial charge in [-0.05, 0) is 56.7 Å². The van der Waals surface area contributed by atoms with Crippen LogP contribution in [0.15, 0.2) is 18.2 Å². The van der Waals surface area contributed by atoms with Crippen LogP contribution in [-0.4, -0.2) is 30.9 Å². The van der Waals surface area contributed by atoms with Gasteiger partial charge in [0.25, 0.3) is 5.91 Å². The first-order chi connectivity index (χ1) is 13.1. The minimum Gasteiger partial charge on any atom is -0.371 e. The number of amides is 2. The maximum atomic E-state index is 12.8. The molecule has 27 heavy (non-hydrogen) atoms. The van der Waals surface area contributed by atoms with Crippen molar-refractivity contribution < 1.29 is 9.59 Å². The largest absolute Gasteiger partial charge is 0.371 e. The fourth-order valence-electron chi connectivity index (χ4n) is 3.74. The van der Waals surface area contributed by atoms with Gasteiger partial charge in [0.15, 0.2) is 0 Å². The summed E-state index contributed by atoms with van der Waals surface area (Å²) in [6.07, 6.45) is 8.38. The summed E-state index contributed by atoms with van der Waals surface area (Å²) in [7, 11) is 0. The van der Waals surface area contributed by atoms with E-state index in [1.807, 2.05) is 18.2 Å². The molecule has 1 unspecified atom stereocenters. The van der Waals surface area contributed by atoms with Gasteiger partial charge in [0.05, 0.1) is 5.56 Å². The van der Waals surface area contributed by atoms with Gasteiger partial charge in [-0.25, -0.2) is 0 Å². The van der Waals surface area contributed by atoms with Gasteiger partial charge in [-0.15, -0.1) is 0 Å². The number of unbranched alkanes of at least 4 members (excludes halogenated alkanes) is 1. The van der Waals surface area contributed by atoms with Crippen molar-refractivity contribution in [2.24, 2.45) is 5.92 Å². The molecule has 5 nitrogen and oxygen atoms in total. The summed E-state index contributed by atoms with van der Waals surface area (Å²) < 4.78 is 0. The van der Waals surface area contributed by atoms with Crippen LogP contribution in [0.25, 0.3) is 0 Å². The van der Waals surface area contributed by atoms with E-state index in [1.165, 1.54) is 0 Å². The lowest BCUT2D eigenvalue weighted by Gasteiger charge is -2.22. The molecule has 0 radical (unpaired) electrons. The first-order valence-corrected chi connectivity index (χ1v) is 10.6. The minimum absolute atomic E-state index is 0.0199. The highest BCUT2D eigenvalue weighted by molar-refractivity contribution is 6.02. The second-order valence-corrected chi connectivity index (χ2v) is 7.91. The molecule has 1 atom stereocenters. The number of anilines is 2. The molecule has 1 aliphatic carbocycles. The highest BCUT2D eigenvalue weighted by Gasteiger charge is 2.27. The summed E-state index contributed by atoms with van der Waals surface area (Å²) in [6.45, 7) is 6.19. The Bertz CT molecular complexity index is 664. The van der Waals surface area contributed by atoms with E-state index in [9.17, 15) is 9.59 Å². The zero-order valence-corrected chi connectivity index (χ0v) is 16.7. The Hall–Kier alpha value is -2.04. The van der Waals surface area contributed by atoms with Crippen LogP contribution in [0.2, 0.25) is 0 Å². The Morgan fingerprint density at radius 3 is 2.56 bits per heavy atom. The van der Waals surface area contributed by atoms with E-state index < -0.39 is 0 Å². The van der Waals surface area contributed by atoms with Crippen molar-refractivity contribution in [1.82, 2.24) is 5.32 Å². The van der Waals surface area contributed by atoms with Gasteiger partial charge in [-0.3, -0.25) is 9.59 Å². The third-order valence-electron chi connectivity index (χ3n) is 5.64. The van der Waals surface area contributed by atoms with Crippen LogP contribution in [-0.2, 0) is 4.79 Å². The first-order valence-electron chi connectivity index (χ1n) is 10.6. The number of carbonyl (C=O) groups excluding carboxylic acids is 2. The van der Waals surface area contributed by atoms with Crippen LogP contribution >= 0.6 is 0 Å². The molecule has 1 aliphatic heterocycles. The summed E-state index contributed by atoms with van der Waals surface area (Å²) in [5.74, 6) is 0.0777. The third kappa shape index (κ3) is 5.24. The molecule has 1 heterocycles. The van der Waals surface area contributed by atoms with E-state index in [2.05, 4.69) is 29.4 Å². The summed E-state index contributed by atoms with van der Waals surface area (Å²) in [5.41, 5.74) is 2.39. The van der Waals surface area contributed by atoms with Crippen LogP contribution in [0.1, 0.15) is 75.6 Å². The van der Waals surface area contributed by atoms with Crippen molar-refractivity contribution in [1.29, 1.82) is 0 Å². The highest BCUT2D eigenvalue weighted by atomic mass is 16.2. The van der Waals surface area contributed by atoms with E-state index in [1.54, 1.807) is 0 Å². The van der Waals surface area contributed by atoms with E-state index in [0.29, 0.717) is 11.6 Å². The van der Waals surface area contributed by atoms with Crippen LogP contribution in [0, 0.1) is 5.92 Å². The zero-order chi connectivity index (χ0) is 19.2. The summed E-state index contributed by atoms with van der Waals surface area (Å²) in [6, 6.07) is 6.11. The number of nitrogens with one attached hydrogen (secondary N) is 2. The highest BCUT2D eigenvalue weighted by Crippen LogP contribution is 2.29. The molecule has 5 heteroatoms. The quantitative estimate of drug-likeness (QED) is 0.679. The second kappa shape index (κ2) is 9.25. The maximum Gasteiger partial charge on any atom is 0.253 e. The Balaban J connectivity index is 1.77. The smallest absolute Gasteiger partial charge is 0.253 e. The van der Waals surface area contributed by atoms with Gasteiger partial charge >= 0.3 is 0 Å². The maximum absolute atomic E-state index is 12.8. The van der Waals surface area contributed by atoms with Crippen molar-refractivity contribution >= 4 is 23.2 Å². The third-order valence-corrected chi connectivity index (χ3v) is 5.64.